The highest BCUT2D eigenvalue weighted by molar-refractivity contribution is 6.58. The molecule has 0 spiro atoms. The molecule has 0 saturated heterocycles. The van der Waals surface area contributed by atoms with E-state index >= 15 is 8.63 Å². The topological polar surface area (TPSA) is 20.8 Å². The molecule has 3 aromatic rings. The maximum Gasteiger partial charge on any atom is 0.737 e. The van der Waals surface area contributed by atoms with E-state index in [9.17, 15) is 0 Å². The molecule has 2 aliphatic rings. The molecule has 4 heterocycles. The first kappa shape index (κ1) is 17.1. The van der Waals surface area contributed by atoms with E-state index in [1.807, 2.05) is 56.3 Å². The molecule has 2 aliphatic heterocycles. The summed E-state index contributed by atoms with van der Waals surface area (Å²) in [6, 6.07) is 11.7. The normalized spacial score (nSPS) is 17.9. The van der Waals surface area contributed by atoms with Crippen molar-refractivity contribution in [3.8, 4) is 0 Å². The van der Waals surface area contributed by atoms with E-state index in [1.165, 1.54) is 8.96 Å². The third-order valence-corrected chi connectivity index (χ3v) is 5.84. The molecule has 6 heteroatoms. The van der Waals surface area contributed by atoms with Gasteiger partial charge in [0.05, 0.1) is 11.1 Å². The van der Waals surface area contributed by atoms with E-state index in [1.54, 1.807) is 20.0 Å². The fraction of sp³-hybridized carbons (Fsp3) is 0.182. The minimum absolute atomic E-state index is 0.569. The Morgan fingerprint density at radius 1 is 1.04 bits per heavy atom. The Hall–Kier alpha value is -3.02. The predicted molar refractivity (Wildman–Crippen MR) is 110 cm³/mol. The van der Waals surface area contributed by atoms with Gasteiger partial charge in [-0.25, -0.2) is 0 Å². The summed E-state index contributed by atoms with van der Waals surface area (Å²) in [5, 5.41) is 0.996. The van der Waals surface area contributed by atoms with Crippen LogP contribution in [0.15, 0.2) is 59.9 Å². The Morgan fingerprint density at radius 2 is 1.79 bits per heavy atom. The molecular formula is C22H20BF2N3. The molecular weight excluding hydrogens is 355 g/mol. The average molecular weight is 375 g/mol. The lowest BCUT2D eigenvalue weighted by molar-refractivity contribution is -0.363. The Kier molecular flexibility index (Phi) is 3.36. The van der Waals surface area contributed by atoms with Crippen LogP contribution in [0.1, 0.15) is 36.4 Å². The monoisotopic (exact) mass is 375 g/mol. The van der Waals surface area contributed by atoms with Gasteiger partial charge in [0.1, 0.15) is 5.71 Å². The van der Waals surface area contributed by atoms with Crippen LogP contribution in [0.25, 0.3) is 16.5 Å². The molecule has 0 saturated carbocycles. The molecule has 0 radical (unpaired) electrons. The highest BCUT2D eigenvalue weighted by Crippen LogP contribution is 2.45. The van der Waals surface area contributed by atoms with Gasteiger partial charge in [-0.1, -0.05) is 24.3 Å². The lowest BCUT2D eigenvalue weighted by atomic mass is 9.83. The molecule has 0 fully saturated rings. The zero-order chi connectivity index (χ0) is 19.8. The lowest BCUT2D eigenvalue weighted by Gasteiger charge is -2.34. The van der Waals surface area contributed by atoms with Crippen molar-refractivity contribution < 1.29 is 13.1 Å². The first-order valence-electron chi connectivity index (χ1n) is 9.43. The number of benzene rings is 1. The van der Waals surface area contributed by atoms with Gasteiger partial charge in [0.2, 0.25) is 0 Å². The number of aromatic nitrogens is 2. The maximum absolute atomic E-state index is 15.7. The van der Waals surface area contributed by atoms with Gasteiger partial charge >= 0.3 is 6.97 Å². The van der Waals surface area contributed by atoms with Crippen molar-refractivity contribution in [2.24, 2.45) is 0 Å². The van der Waals surface area contributed by atoms with Crippen molar-refractivity contribution in [3.63, 3.8) is 0 Å². The van der Waals surface area contributed by atoms with Crippen LogP contribution < -0.4 is 0 Å². The van der Waals surface area contributed by atoms with E-state index in [-0.39, 0.29) is 0 Å². The highest BCUT2D eigenvalue weighted by Gasteiger charge is 2.55. The van der Waals surface area contributed by atoms with Crippen molar-refractivity contribution in [1.82, 2.24) is 9.46 Å². The number of para-hydroxylation sites is 1. The van der Waals surface area contributed by atoms with E-state index in [4.69, 9.17) is 0 Å². The molecule has 0 aliphatic carbocycles. The molecule has 28 heavy (non-hydrogen) atoms. The van der Waals surface area contributed by atoms with Crippen molar-refractivity contribution in [1.29, 1.82) is 0 Å². The van der Waals surface area contributed by atoms with Gasteiger partial charge in [-0.15, -0.1) is 0 Å². The third-order valence-electron chi connectivity index (χ3n) is 5.84. The van der Waals surface area contributed by atoms with E-state index < -0.39 is 6.97 Å². The van der Waals surface area contributed by atoms with Gasteiger partial charge in [-0.05, 0) is 44.2 Å². The minimum Gasteiger partial charge on any atom is -0.393 e. The minimum atomic E-state index is -3.96. The van der Waals surface area contributed by atoms with Crippen molar-refractivity contribution in [2.45, 2.75) is 27.7 Å². The molecule has 0 amide bonds. The summed E-state index contributed by atoms with van der Waals surface area (Å²) in [7, 11) is 0. The largest absolute Gasteiger partial charge is 0.737 e. The number of hydrogen-bond donors (Lipinski definition) is 0. The maximum atomic E-state index is 15.7. The summed E-state index contributed by atoms with van der Waals surface area (Å²) in [4.78, 5) is 4.59. The van der Waals surface area contributed by atoms with Gasteiger partial charge in [-0.2, -0.15) is 0 Å². The number of fused-ring (bicyclic) bond motifs is 3. The Balaban J connectivity index is 2.00. The summed E-state index contributed by atoms with van der Waals surface area (Å²) in [6.07, 6.45) is 3.60. The van der Waals surface area contributed by atoms with E-state index in [0.29, 0.717) is 22.8 Å². The Labute approximate surface area is 162 Å². The van der Waals surface area contributed by atoms with E-state index in [2.05, 4.69) is 4.98 Å². The fourth-order valence-electron chi connectivity index (χ4n) is 4.86. The summed E-state index contributed by atoms with van der Waals surface area (Å²) in [5.74, 6) is 0. The van der Waals surface area contributed by atoms with Crippen molar-refractivity contribution in [3.05, 3.63) is 82.5 Å². The molecule has 1 aromatic carbocycles. The summed E-state index contributed by atoms with van der Waals surface area (Å²) in [5.41, 5.74) is 6.57. The molecule has 3 nitrogen and oxygen atoms in total. The first-order chi connectivity index (χ1) is 13.3. The second-order valence-electron chi connectivity index (χ2n) is 7.72. The molecule has 0 unspecified atom stereocenters. The smallest absolute Gasteiger partial charge is 0.393 e. The third kappa shape index (κ3) is 2.03. The van der Waals surface area contributed by atoms with Crippen LogP contribution in [-0.2, 0) is 0 Å². The van der Waals surface area contributed by atoms with Crippen molar-refractivity contribution in [2.75, 3.05) is 0 Å². The number of allylic oxidation sites excluding steroid dienone is 2. The van der Waals surface area contributed by atoms with Gasteiger partial charge in [0, 0.05) is 41.4 Å². The summed E-state index contributed by atoms with van der Waals surface area (Å²) >= 11 is 0. The van der Waals surface area contributed by atoms with Gasteiger partial charge in [0.15, 0.2) is 5.70 Å². The van der Waals surface area contributed by atoms with Crippen LogP contribution >= 0.6 is 0 Å². The summed E-state index contributed by atoms with van der Waals surface area (Å²) in [6.45, 7) is 3.36. The molecule has 2 aromatic heterocycles. The van der Waals surface area contributed by atoms with Crippen LogP contribution in [0.4, 0.5) is 8.63 Å². The van der Waals surface area contributed by atoms with Gasteiger partial charge in [-0.3, -0.25) is 4.98 Å². The molecule has 0 atom stereocenters. The van der Waals surface area contributed by atoms with Crippen LogP contribution in [0.5, 0.6) is 0 Å². The zero-order valence-corrected chi connectivity index (χ0v) is 16.3. The predicted octanol–water partition coefficient (Wildman–Crippen LogP) is 5.08. The number of aryl methyl sites for hydroxylation is 2. The number of hydrogen-bond acceptors (Lipinski definition) is 1. The van der Waals surface area contributed by atoms with Crippen LogP contribution in [0.3, 0.4) is 0 Å². The second-order valence-corrected chi connectivity index (χ2v) is 7.72. The molecule has 0 bridgehead atoms. The van der Waals surface area contributed by atoms with Crippen LogP contribution in [0.2, 0.25) is 0 Å². The number of halogens is 2. The zero-order valence-electron chi connectivity index (χ0n) is 16.3. The number of pyridine rings is 1. The van der Waals surface area contributed by atoms with Gasteiger partial charge in [0.25, 0.3) is 0 Å². The van der Waals surface area contributed by atoms with Crippen molar-refractivity contribution >= 4 is 29.2 Å². The van der Waals surface area contributed by atoms with Crippen LogP contribution in [0, 0.1) is 13.8 Å². The summed E-state index contributed by atoms with van der Waals surface area (Å²) < 4.78 is 33.9. The fourth-order valence-corrected chi connectivity index (χ4v) is 4.86. The molecule has 5 rings (SSSR count). The highest BCUT2D eigenvalue weighted by atomic mass is 19.2. The first-order valence-corrected chi connectivity index (χ1v) is 9.43. The standard InChI is InChI=1S/C22H20BF2N3/c1-13-11-15(3)27-21(13)19(18-9-5-7-17-8-6-10-26-20(17)18)22-14(2)12-16(4)28(22)23(27,24)25/h5-12H,1-4H3. The molecule has 0 N–H and O–H groups in total. The SMILES string of the molecule is CC1=CC(C)=[N+]2C1=C(c1cccc3cccnc13)c1c(C)cc(C)n1[B-]2(F)F. The number of nitrogens with zero attached hydrogens (tertiary/aromatic N) is 3. The Morgan fingerprint density at radius 3 is 2.57 bits per heavy atom. The number of rotatable bonds is 1. The lowest BCUT2D eigenvalue weighted by Crippen LogP contribution is -2.51. The van der Waals surface area contributed by atoms with E-state index in [0.717, 1.165) is 33.2 Å². The van der Waals surface area contributed by atoms with Gasteiger partial charge < -0.3 is 17.6 Å². The van der Waals surface area contributed by atoms with Crippen LogP contribution in [-0.4, -0.2) is 26.6 Å². The second kappa shape index (κ2) is 5.50. The Bertz CT molecular complexity index is 1270. The average Bonchev–Trinajstić information content (AvgIpc) is 3.12. The molecule has 140 valence electrons. The quantitative estimate of drug-likeness (QED) is 0.544.